The molecule has 0 N–H and O–H groups in total. The first kappa shape index (κ1) is 16.3. The molecule has 0 aromatic carbocycles. The first-order chi connectivity index (χ1) is 11.6. The highest BCUT2D eigenvalue weighted by Gasteiger charge is 2.18. The summed E-state index contributed by atoms with van der Waals surface area (Å²) in [4.78, 5) is 16.9. The fraction of sp³-hybridized carbons (Fsp3) is 0.167. The van der Waals surface area contributed by atoms with Crippen molar-refractivity contribution >= 4 is 17.5 Å². The van der Waals surface area contributed by atoms with Gasteiger partial charge in [0.1, 0.15) is 5.82 Å². The van der Waals surface area contributed by atoms with Crippen molar-refractivity contribution < 1.29 is 9.52 Å². The molecule has 0 aliphatic heterocycles. The maximum absolute atomic E-state index is 12.6. The highest BCUT2D eigenvalue weighted by molar-refractivity contribution is 7.99. The summed E-state index contributed by atoms with van der Waals surface area (Å²) in [6.07, 6.45) is 3.16. The highest BCUT2D eigenvalue weighted by atomic mass is 32.2. The lowest BCUT2D eigenvalue weighted by molar-refractivity contribution is -0.645. The Morgan fingerprint density at radius 1 is 1.25 bits per heavy atom. The third kappa shape index (κ3) is 3.19. The van der Waals surface area contributed by atoms with Gasteiger partial charge in [-0.1, -0.05) is 6.07 Å². The molecule has 0 bridgehead atoms. The number of Topliss-reactive ketones (excluding diaryl/α,β-unsaturated/α-hetero) is 1. The number of carbonyl (C=O) groups is 1. The fourth-order valence-electron chi connectivity index (χ4n) is 2.63. The molecule has 0 saturated carbocycles. The highest BCUT2D eigenvalue weighted by Crippen LogP contribution is 2.22. The minimum Gasteiger partial charge on any atom is -0.618 e. The number of pyridine rings is 2. The molecular weight excluding hydrogens is 322 g/mol. The number of hydrogen-bond acceptors (Lipinski definition) is 4. The summed E-state index contributed by atoms with van der Waals surface area (Å²) in [5.74, 6) is 1.01. The van der Waals surface area contributed by atoms with Crippen LogP contribution in [0.5, 0.6) is 0 Å². The minimum absolute atomic E-state index is 0.000802. The van der Waals surface area contributed by atoms with E-state index in [0.29, 0.717) is 10.6 Å². The molecule has 3 rings (SSSR count). The van der Waals surface area contributed by atoms with Crippen LogP contribution >= 0.6 is 11.8 Å². The van der Waals surface area contributed by atoms with Crippen LogP contribution in [0, 0.1) is 19.1 Å². The minimum atomic E-state index is -0.000802. The molecule has 0 atom stereocenters. The van der Waals surface area contributed by atoms with Crippen molar-refractivity contribution in [1.82, 2.24) is 9.55 Å². The van der Waals surface area contributed by atoms with Crippen LogP contribution in [0.2, 0.25) is 0 Å². The van der Waals surface area contributed by atoms with Gasteiger partial charge in [-0.3, -0.25) is 4.79 Å². The van der Waals surface area contributed by atoms with Crippen molar-refractivity contribution in [2.75, 3.05) is 5.75 Å². The SMILES string of the molecule is Cc1cc(C(=O)CSc2cccc[n+]2[O-])c(C)n1-c1ccccn1. The number of hydrogen-bond donors (Lipinski definition) is 0. The topological polar surface area (TPSA) is 61.8 Å². The zero-order chi connectivity index (χ0) is 17.1. The van der Waals surface area contributed by atoms with Crippen LogP contribution in [0.4, 0.5) is 0 Å². The van der Waals surface area contributed by atoms with Gasteiger partial charge in [0.05, 0.1) is 5.75 Å². The maximum atomic E-state index is 12.6. The molecule has 0 saturated heterocycles. The molecule has 3 aromatic rings. The molecule has 3 aromatic heterocycles. The Morgan fingerprint density at radius 3 is 2.75 bits per heavy atom. The van der Waals surface area contributed by atoms with Gasteiger partial charge in [0, 0.05) is 35.3 Å². The summed E-state index contributed by atoms with van der Waals surface area (Å²) in [5.41, 5.74) is 2.48. The molecule has 0 aliphatic rings. The van der Waals surface area contributed by atoms with Gasteiger partial charge in [0.2, 0.25) is 0 Å². The Bertz CT molecular complexity index is 875. The van der Waals surface area contributed by atoms with E-state index in [-0.39, 0.29) is 11.5 Å². The van der Waals surface area contributed by atoms with Gasteiger partial charge in [0.15, 0.2) is 12.0 Å². The standard InChI is InChI=1S/C18H17N3O2S/c1-13-11-15(14(2)21(13)17-7-3-5-9-19-17)16(22)12-24-18-8-4-6-10-20(18)23/h3-11H,12H2,1-2H3. The number of carbonyl (C=O) groups excluding carboxylic acids is 1. The van der Waals surface area contributed by atoms with Crippen molar-refractivity contribution in [1.29, 1.82) is 0 Å². The molecule has 0 aliphatic carbocycles. The Kier molecular flexibility index (Phi) is 4.66. The summed E-state index contributed by atoms with van der Waals surface area (Å²) in [6, 6.07) is 12.7. The van der Waals surface area contributed by atoms with E-state index >= 15 is 0 Å². The van der Waals surface area contributed by atoms with E-state index < -0.39 is 0 Å². The second kappa shape index (κ2) is 6.88. The molecule has 0 radical (unpaired) electrons. The molecule has 24 heavy (non-hydrogen) atoms. The molecule has 122 valence electrons. The Hall–Kier alpha value is -2.60. The predicted molar refractivity (Wildman–Crippen MR) is 93.5 cm³/mol. The third-order valence-electron chi connectivity index (χ3n) is 3.75. The summed E-state index contributed by atoms with van der Waals surface area (Å²) < 4.78 is 2.74. The van der Waals surface area contributed by atoms with Crippen molar-refractivity contribution in [3.63, 3.8) is 0 Å². The summed E-state index contributed by atoms with van der Waals surface area (Å²) in [5, 5.41) is 12.2. The molecule has 0 amide bonds. The van der Waals surface area contributed by atoms with Crippen LogP contribution in [0.3, 0.4) is 0 Å². The molecule has 0 spiro atoms. The largest absolute Gasteiger partial charge is 0.618 e. The van der Waals surface area contributed by atoms with Crippen molar-refractivity contribution in [2.24, 2.45) is 0 Å². The Balaban J connectivity index is 1.83. The number of ketones is 1. The zero-order valence-corrected chi connectivity index (χ0v) is 14.3. The van der Waals surface area contributed by atoms with Gasteiger partial charge in [-0.05, 0) is 49.9 Å². The normalized spacial score (nSPS) is 10.8. The quantitative estimate of drug-likeness (QED) is 0.310. The van der Waals surface area contributed by atoms with Crippen molar-refractivity contribution in [3.05, 3.63) is 77.0 Å². The van der Waals surface area contributed by atoms with E-state index in [9.17, 15) is 10.0 Å². The van der Waals surface area contributed by atoms with Crippen LogP contribution < -0.4 is 4.73 Å². The summed E-state index contributed by atoms with van der Waals surface area (Å²) >= 11 is 1.25. The maximum Gasteiger partial charge on any atom is 0.251 e. The van der Waals surface area contributed by atoms with Crippen LogP contribution in [-0.2, 0) is 0 Å². The number of aryl methyl sites for hydroxylation is 1. The Morgan fingerprint density at radius 2 is 2.04 bits per heavy atom. The summed E-state index contributed by atoms with van der Waals surface area (Å²) in [6.45, 7) is 3.87. The second-order valence-corrected chi connectivity index (χ2v) is 6.38. The van der Waals surface area contributed by atoms with Gasteiger partial charge in [-0.25, -0.2) is 4.98 Å². The first-order valence-electron chi connectivity index (χ1n) is 7.52. The third-order valence-corrected chi connectivity index (χ3v) is 4.77. The monoisotopic (exact) mass is 339 g/mol. The molecule has 3 heterocycles. The lowest BCUT2D eigenvalue weighted by atomic mass is 10.2. The number of nitrogens with zero attached hydrogens (tertiary/aromatic N) is 3. The van der Waals surface area contributed by atoms with Crippen LogP contribution in [0.1, 0.15) is 21.7 Å². The second-order valence-electron chi connectivity index (χ2n) is 5.38. The van der Waals surface area contributed by atoms with Crippen LogP contribution in [-0.4, -0.2) is 21.1 Å². The van der Waals surface area contributed by atoms with E-state index in [1.807, 2.05) is 42.7 Å². The number of aromatic nitrogens is 3. The van der Waals surface area contributed by atoms with Gasteiger partial charge < -0.3 is 9.77 Å². The molecule has 0 unspecified atom stereocenters. The van der Waals surface area contributed by atoms with Crippen LogP contribution in [0.25, 0.3) is 5.82 Å². The van der Waals surface area contributed by atoms with Gasteiger partial charge in [0.25, 0.3) is 5.03 Å². The lowest BCUT2D eigenvalue weighted by Crippen LogP contribution is -2.28. The van der Waals surface area contributed by atoms with Gasteiger partial charge in [-0.15, -0.1) is 0 Å². The predicted octanol–water partition coefficient (Wildman–Crippen LogP) is 3.10. The molecule has 5 nitrogen and oxygen atoms in total. The Labute approximate surface area is 144 Å². The van der Waals surface area contributed by atoms with E-state index in [1.54, 1.807) is 24.4 Å². The van der Waals surface area contributed by atoms with Crippen molar-refractivity contribution in [2.45, 2.75) is 18.9 Å². The smallest absolute Gasteiger partial charge is 0.251 e. The number of thioether (sulfide) groups is 1. The van der Waals surface area contributed by atoms with Gasteiger partial charge >= 0.3 is 0 Å². The van der Waals surface area contributed by atoms with Crippen LogP contribution in [0.15, 0.2) is 59.9 Å². The molecular formula is C18H17N3O2S. The first-order valence-corrected chi connectivity index (χ1v) is 8.51. The molecule has 6 heteroatoms. The lowest BCUT2D eigenvalue weighted by Gasteiger charge is -2.08. The van der Waals surface area contributed by atoms with E-state index in [1.165, 1.54) is 18.0 Å². The van der Waals surface area contributed by atoms with E-state index in [0.717, 1.165) is 21.9 Å². The zero-order valence-electron chi connectivity index (χ0n) is 13.5. The number of rotatable bonds is 5. The average molecular weight is 339 g/mol. The van der Waals surface area contributed by atoms with E-state index in [2.05, 4.69) is 4.98 Å². The molecule has 0 fully saturated rings. The average Bonchev–Trinajstić information content (AvgIpc) is 2.89. The van der Waals surface area contributed by atoms with Gasteiger partial charge in [-0.2, -0.15) is 4.73 Å². The van der Waals surface area contributed by atoms with E-state index in [4.69, 9.17) is 0 Å². The van der Waals surface area contributed by atoms with Crippen molar-refractivity contribution in [3.8, 4) is 5.82 Å². The fourth-order valence-corrected chi connectivity index (χ4v) is 3.42. The summed E-state index contributed by atoms with van der Waals surface area (Å²) in [7, 11) is 0.